The Kier molecular flexibility index (Phi) is 5.11. The van der Waals surface area contributed by atoms with E-state index in [0.29, 0.717) is 18.0 Å². The van der Waals surface area contributed by atoms with Crippen molar-refractivity contribution in [2.75, 3.05) is 7.05 Å². The van der Waals surface area contributed by atoms with Gasteiger partial charge in [-0.15, -0.1) is 0 Å². The highest BCUT2D eigenvalue weighted by molar-refractivity contribution is 6.31. The van der Waals surface area contributed by atoms with E-state index >= 15 is 0 Å². The van der Waals surface area contributed by atoms with Crippen LogP contribution in [0.2, 0.25) is 5.02 Å². The summed E-state index contributed by atoms with van der Waals surface area (Å²) < 4.78 is 0. The van der Waals surface area contributed by atoms with Crippen LogP contribution in [0.1, 0.15) is 50.7 Å². The summed E-state index contributed by atoms with van der Waals surface area (Å²) in [5, 5.41) is 0.843. The molecule has 1 saturated carbocycles. The molecule has 2 nitrogen and oxygen atoms in total. The normalized spacial score (nSPS) is 19.5. The third kappa shape index (κ3) is 3.97. The number of nitrogens with two attached hydrogens (primary N) is 1. The Hall–Kier alpha value is -0.570. The Labute approximate surface area is 128 Å². The van der Waals surface area contributed by atoms with Gasteiger partial charge in [-0.2, -0.15) is 0 Å². The molecule has 0 bridgehead atoms. The van der Waals surface area contributed by atoms with Crippen LogP contribution in [-0.2, 0) is 13.1 Å². The predicted molar refractivity (Wildman–Crippen MR) is 86.8 cm³/mol. The summed E-state index contributed by atoms with van der Waals surface area (Å²) in [6.45, 7) is 6.24. The molecule has 0 saturated heterocycles. The van der Waals surface area contributed by atoms with Crippen LogP contribution < -0.4 is 5.73 Å². The second-order valence-electron chi connectivity index (χ2n) is 6.94. The molecule has 0 spiro atoms. The van der Waals surface area contributed by atoms with Crippen molar-refractivity contribution in [3.63, 3.8) is 0 Å². The lowest BCUT2D eigenvalue weighted by atomic mass is 9.75. The van der Waals surface area contributed by atoms with Gasteiger partial charge in [0, 0.05) is 24.2 Å². The van der Waals surface area contributed by atoms with Crippen molar-refractivity contribution in [2.24, 2.45) is 11.1 Å². The molecule has 2 N–H and O–H groups in total. The fourth-order valence-electron chi connectivity index (χ4n) is 3.07. The van der Waals surface area contributed by atoms with Crippen molar-refractivity contribution in [1.29, 1.82) is 0 Å². The summed E-state index contributed by atoms with van der Waals surface area (Å²) in [7, 11) is 2.22. The molecule has 2 rings (SSSR count). The summed E-state index contributed by atoms with van der Waals surface area (Å²) >= 11 is 6.35. The maximum absolute atomic E-state index is 6.35. The van der Waals surface area contributed by atoms with Gasteiger partial charge in [0.2, 0.25) is 0 Å². The maximum Gasteiger partial charge on any atom is 0.0454 e. The van der Waals surface area contributed by atoms with E-state index in [2.05, 4.69) is 37.9 Å². The van der Waals surface area contributed by atoms with Gasteiger partial charge in [0.1, 0.15) is 0 Å². The van der Waals surface area contributed by atoms with E-state index in [1.165, 1.54) is 31.2 Å². The molecule has 1 aromatic rings. The Morgan fingerprint density at radius 1 is 1.30 bits per heavy atom. The van der Waals surface area contributed by atoms with E-state index in [9.17, 15) is 0 Å². The molecule has 20 heavy (non-hydrogen) atoms. The van der Waals surface area contributed by atoms with Crippen molar-refractivity contribution in [3.8, 4) is 0 Å². The molecule has 0 unspecified atom stereocenters. The Balaban J connectivity index is 1.96. The van der Waals surface area contributed by atoms with E-state index in [-0.39, 0.29) is 0 Å². The molecule has 3 heteroatoms. The number of halogens is 1. The number of nitrogens with zero attached hydrogens (tertiary/aromatic N) is 1. The topological polar surface area (TPSA) is 29.3 Å². The number of benzene rings is 1. The molecule has 0 aromatic heterocycles. The maximum atomic E-state index is 6.35. The lowest BCUT2D eigenvalue weighted by Crippen LogP contribution is -2.36. The number of rotatable bonds is 4. The first-order valence-electron chi connectivity index (χ1n) is 7.59. The lowest BCUT2D eigenvalue weighted by Gasteiger charge is -2.38. The Bertz CT molecular complexity index is 446. The zero-order valence-corrected chi connectivity index (χ0v) is 13.7. The minimum Gasteiger partial charge on any atom is -0.326 e. The lowest BCUT2D eigenvalue weighted by molar-refractivity contribution is 0.123. The zero-order chi connectivity index (χ0) is 14.8. The van der Waals surface area contributed by atoms with Gasteiger partial charge in [-0.05, 0) is 55.3 Å². The summed E-state index contributed by atoms with van der Waals surface area (Å²) in [4.78, 5) is 2.46. The van der Waals surface area contributed by atoms with Crippen LogP contribution in [0.5, 0.6) is 0 Å². The fourth-order valence-corrected chi connectivity index (χ4v) is 3.33. The standard InChI is InChI=1S/C17H27ClN2/c1-17(2)8-6-15(7-9-17)20(3)12-14-5-4-13(11-19)10-16(14)18/h4-5,10,15H,6-9,11-12,19H2,1-3H3. The molecule has 0 heterocycles. The van der Waals surface area contributed by atoms with Crippen LogP contribution >= 0.6 is 11.6 Å². The van der Waals surface area contributed by atoms with Crippen molar-refractivity contribution in [2.45, 2.75) is 58.7 Å². The first kappa shape index (κ1) is 15.8. The van der Waals surface area contributed by atoms with Crippen molar-refractivity contribution < 1.29 is 0 Å². The third-order valence-corrected chi connectivity index (χ3v) is 5.06. The second-order valence-corrected chi connectivity index (χ2v) is 7.35. The van der Waals surface area contributed by atoms with E-state index in [1.54, 1.807) is 0 Å². The SMILES string of the molecule is CN(Cc1ccc(CN)cc1Cl)C1CCC(C)(C)CC1. The largest absolute Gasteiger partial charge is 0.326 e. The molecule has 0 aliphatic heterocycles. The first-order valence-corrected chi connectivity index (χ1v) is 7.97. The van der Waals surface area contributed by atoms with Crippen LogP contribution in [0, 0.1) is 5.41 Å². The molecule has 0 radical (unpaired) electrons. The summed E-state index contributed by atoms with van der Waals surface area (Å²) in [6.07, 6.45) is 5.23. The van der Waals surface area contributed by atoms with Crippen LogP contribution in [-0.4, -0.2) is 18.0 Å². The van der Waals surface area contributed by atoms with Crippen LogP contribution in [0.3, 0.4) is 0 Å². The van der Waals surface area contributed by atoms with Gasteiger partial charge in [0.15, 0.2) is 0 Å². The zero-order valence-electron chi connectivity index (χ0n) is 13.0. The monoisotopic (exact) mass is 294 g/mol. The number of hydrogen-bond acceptors (Lipinski definition) is 2. The Morgan fingerprint density at radius 3 is 2.50 bits per heavy atom. The molecule has 1 aliphatic carbocycles. The molecule has 112 valence electrons. The van der Waals surface area contributed by atoms with Crippen LogP contribution in [0.4, 0.5) is 0 Å². The van der Waals surface area contributed by atoms with Crippen LogP contribution in [0.25, 0.3) is 0 Å². The highest BCUT2D eigenvalue weighted by Gasteiger charge is 2.28. The van der Waals surface area contributed by atoms with Gasteiger partial charge >= 0.3 is 0 Å². The predicted octanol–water partition coefficient (Wildman–Crippen LogP) is 4.20. The molecule has 1 aliphatic rings. The van der Waals surface area contributed by atoms with Crippen molar-refractivity contribution >= 4 is 11.6 Å². The van der Waals surface area contributed by atoms with Gasteiger partial charge < -0.3 is 5.73 Å². The van der Waals surface area contributed by atoms with Gasteiger partial charge in [-0.1, -0.05) is 37.6 Å². The fraction of sp³-hybridized carbons (Fsp3) is 0.647. The van der Waals surface area contributed by atoms with Gasteiger partial charge in [0.25, 0.3) is 0 Å². The summed E-state index contributed by atoms with van der Waals surface area (Å²) in [6, 6.07) is 6.88. The smallest absolute Gasteiger partial charge is 0.0454 e. The first-order chi connectivity index (χ1) is 9.41. The molecule has 1 aromatic carbocycles. The highest BCUT2D eigenvalue weighted by Crippen LogP contribution is 2.37. The molecular weight excluding hydrogens is 268 g/mol. The number of hydrogen-bond donors (Lipinski definition) is 1. The third-order valence-electron chi connectivity index (χ3n) is 4.70. The van der Waals surface area contributed by atoms with E-state index in [4.69, 9.17) is 17.3 Å². The molecular formula is C17H27ClN2. The van der Waals surface area contributed by atoms with Gasteiger partial charge in [-0.3, -0.25) is 4.90 Å². The summed E-state index contributed by atoms with van der Waals surface area (Å²) in [5.74, 6) is 0. The average molecular weight is 295 g/mol. The second kappa shape index (κ2) is 6.46. The minimum atomic E-state index is 0.526. The quantitative estimate of drug-likeness (QED) is 0.902. The van der Waals surface area contributed by atoms with E-state index < -0.39 is 0 Å². The molecule has 0 atom stereocenters. The highest BCUT2D eigenvalue weighted by atomic mass is 35.5. The average Bonchev–Trinajstić information content (AvgIpc) is 2.40. The Morgan fingerprint density at radius 2 is 1.95 bits per heavy atom. The van der Waals surface area contributed by atoms with Crippen molar-refractivity contribution in [3.05, 3.63) is 34.3 Å². The van der Waals surface area contributed by atoms with Gasteiger partial charge in [0.05, 0.1) is 0 Å². The van der Waals surface area contributed by atoms with E-state index in [1.807, 2.05) is 6.07 Å². The van der Waals surface area contributed by atoms with Crippen molar-refractivity contribution in [1.82, 2.24) is 4.90 Å². The summed E-state index contributed by atoms with van der Waals surface area (Å²) in [5.41, 5.74) is 8.47. The molecule has 1 fully saturated rings. The van der Waals surface area contributed by atoms with Gasteiger partial charge in [-0.25, -0.2) is 0 Å². The van der Waals surface area contributed by atoms with E-state index in [0.717, 1.165) is 17.1 Å². The molecule has 0 amide bonds. The minimum absolute atomic E-state index is 0.526. The van der Waals surface area contributed by atoms with Crippen LogP contribution in [0.15, 0.2) is 18.2 Å².